The number of pyridine rings is 1. The number of anilines is 1. The number of hydrogen-bond donors (Lipinski definition) is 1. The highest BCUT2D eigenvalue weighted by Crippen LogP contribution is 2.43. The van der Waals surface area contributed by atoms with Crippen LogP contribution in [0.3, 0.4) is 0 Å². The zero-order valence-electron chi connectivity index (χ0n) is 18.4. The summed E-state index contributed by atoms with van der Waals surface area (Å²) in [6.07, 6.45) is 6.09. The van der Waals surface area contributed by atoms with Gasteiger partial charge in [0, 0.05) is 37.4 Å². The molecule has 2 unspecified atom stereocenters. The van der Waals surface area contributed by atoms with E-state index in [-0.39, 0.29) is 12.1 Å². The van der Waals surface area contributed by atoms with Crippen molar-refractivity contribution in [3.63, 3.8) is 0 Å². The van der Waals surface area contributed by atoms with E-state index in [1.807, 2.05) is 42.6 Å². The van der Waals surface area contributed by atoms with Gasteiger partial charge in [-0.1, -0.05) is 17.7 Å². The highest BCUT2D eigenvalue weighted by Gasteiger charge is 2.41. The van der Waals surface area contributed by atoms with E-state index in [1.54, 1.807) is 7.11 Å². The van der Waals surface area contributed by atoms with Gasteiger partial charge in [0.05, 0.1) is 29.4 Å². The molecule has 2 atom stereocenters. The van der Waals surface area contributed by atoms with Crippen molar-refractivity contribution >= 4 is 34.6 Å². The molecule has 0 bridgehead atoms. The van der Waals surface area contributed by atoms with Crippen LogP contribution in [0.15, 0.2) is 61.1 Å². The molecule has 1 saturated heterocycles. The normalized spacial score (nSPS) is 18.3. The minimum atomic E-state index is -0.0943. The Morgan fingerprint density at radius 1 is 1.19 bits per heavy atom. The van der Waals surface area contributed by atoms with Crippen LogP contribution in [-0.4, -0.2) is 35.0 Å². The lowest BCUT2D eigenvalue weighted by Gasteiger charge is -2.27. The van der Waals surface area contributed by atoms with E-state index < -0.39 is 0 Å². The first-order valence-electron chi connectivity index (χ1n) is 10.6. The number of methoxy groups -OCH3 is 1. The van der Waals surface area contributed by atoms with Crippen LogP contribution in [-0.2, 0) is 4.74 Å². The Balaban J connectivity index is 1.72. The van der Waals surface area contributed by atoms with E-state index in [1.165, 1.54) is 0 Å². The summed E-state index contributed by atoms with van der Waals surface area (Å²) in [5, 5.41) is 4.64. The lowest BCUT2D eigenvalue weighted by Crippen LogP contribution is -2.29. The SMILES string of the molecule is COCCOc1ccc(N2C(=S)NC(c3ccccn3)C2c2ccn(C(C)C)c2)cc1Cl. The van der Waals surface area contributed by atoms with Crippen molar-refractivity contribution in [2.24, 2.45) is 0 Å². The summed E-state index contributed by atoms with van der Waals surface area (Å²) < 4.78 is 13.0. The molecule has 0 amide bonds. The number of benzene rings is 1. The summed E-state index contributed by atoms with van der Waals surface area (Å²) in [5.41, 5.74) is 2.98. The van der Waals surface area contributed by atoms with Crippen molar-refractivity contribution < 1.29 is 9.47 Å². The van der Waals surface area contributed by atoms with Crippen LogP contribution in [0.1, 0.15) is 43.2 Å². The fourth-order valence-corrected chi connectivity index (χ4v) is 4.47. The second-order valence-corrected chi connectivity index (χ2v) is 8.73. The van der Waals surface area contributed by atoms with E-state index in [2.05, 4.69) is 52.1 Å². The van der Waals surface area contributed by atoms with Gasteiger partial charge in [-0.25, -0.2) is 0 Å². The molecule has 4 rings (SSSR count). The first kappa shape index (κ1) is 22.6. The third-order valence-electron chi connectivity index (χ3n) is 5.51. The molecule has 6 nitrogen and oxygen atoms in total. The molecular weight excluding hydrogens is 444 g/mol. The largest absolute Gasteiger partial charge is 0.490 e. The molecule has 1 fully saturated rings. The molecule has 3 aromatic rings. The van der Waals surface area contributed by atoms with Crippen LogP contribution in [0.2, 0.25) is 5.02 Å². The molecular formula is C24H27ClN4O2S. The highest BCUT2D eigenvalue weighted by molar-refractivity contribution is 7.80. The van der Waals surface area contributed by atoms with Crippen molar-refractivity contribution in [3.05, 3.63) is 77.3 Å². The van der Waals surface area contributed by atoms with E-state index in [4.69, 9.17) is 33.3 Å². The topological polar surface area (TPSA) is 51.6 Å². The van der Waals surface area contributed by atoms with Gasteiger partial charge in [-0.3, -0.25) is 4.98 Å². The number of hydrogen-bond acceptors (Lipinski definition) is 4. The Hall–Kier alpha value is -2.61. The molecule has 0 radical (unpaired) electrons. The summed E-state index contributed by atoms with van der Waals surface area (Å²) in [6, 6.07) is 14.0. The van der Waals surface area contributed by atoms with Gasteiger partial charge in [0.15, 0.2) is 5.11 Å². The molecule has 0 saturated carbocycles. The maximum Gasteiger partial charge on any atom is 0.174 e. The van der Waals surface area contributed by atoms with Gasteiger partial charge in [0.1, 0.15) is 12.4 Å². The Bertz CT molecular complexity index is 1070. The lowest BCUT2D eigenvalue weighted by atomic mass is 9.98. The third-order valence-corrected chi connectivity index (χ3v) is 6.12. The minimum absolute atomic E-state index is 0.0753. The Morgan fingerprint density at radius 3 is 2.69 bits per heavy atom. The fraction of sp³-hybridized carbons (Fsp3) is 0.333. The zero-order chi connectivity index (χ0) is 22.7. The van der Waals surface area contributed by atoms with Gasteiger partial charge >= 0.3 is 0 Å². The van der Waals surface area contributed by atoms with E-state index in [9.17, 15) is 0 Å². The molecule has 0 spiro atoms. The maximum absolute atomic E-state index is 6.55. The molecule has 1 aliphatic heterocycles. The molecule has 168 valence electrons. The first-order valence-corrected chi connectivity index (χ1v) is 11.4. The molecule has 1 N–H and O–H groups in total. The Kier molecular flexibility index (Phi) is 6.98. The van der Waals surface area contributed by atoms with Crippen molar-refractivity contribution in [3.8, 4) is 5.75 Å². The van der Waals surface area contributed by atoms with Crippen LogP contribution in [0, 0.1) is 0 Å². The molecule has 8 heteroatoms. The van der Waals surface area contributed by atoms with Crippen molar-refractivity contribution in [2.45, 2.75) is 32.0 Å². The van der Waals surface area contributed by atoms with E-state index in [0.717, 1.165) is 16.9 Å². The number of aromatic nitrogens is 2. The number of thiocarbonyl (C=S) groups is 1. The van der Waals surface area contributed by atoms with Crippen LogP contribution in [0.5, 0.6) is 5.75 Å². The fourth-order valence-electron chi connectivity index (χ4n) is 3.89. The van der Waals surface area contributed by atoms with Gasteiger partial charge in [-0.2, -0.15) is 0 Å². The molecule has 1 aliphatic rings. The van der Waals surface area contributed by atoms with Gasteiger partial charge in [0.2, 0.25) is 0 Å². The molecule has 0 aliphatic carbocycles. The van der Waals surface area contributed by atoms with Gasteiger partial charge in [-0.15, -0.1) is 0 Å². The molecule has 2 aromatic heterocycles. The number of nitrogens with one attached hydrogen (secondary N) is 1. The predicted octanol–water partition coefficient (Wildman–Crippen LogP) is 5.32. The monoisotopic (exact) mass is 470 g/mol. The predicted molar refractivity (Wildman–Crippen MR) is 132 cm³/mol. The minimum Gasteiger partial charge on any atom is -0.490 e. The molecule has 32 heavy (non-hydrogen) atoms. The van der Waals surface area contributed by atoms with Gasteiger partial charge in [-0.05, 0) is 68.0 Å². The van der Waals surface area contributed by atoms with E-state index in [0.29, 0.717) is 35.1 Å². The smallest absolute Gasteiger partial charge is 0.174 e. The maximum atomic E-state index is 6.55. The number of halogens is 1. The summed E-state index contributed by atoms with van der Waals surface area (Å²) in [5.74, 6) is 0.620. The van der Waals surface area contributed by atoms with Crippen LogP contribution in [0.4, 0.5) is 5.69 Å². The van der Waals surface area contributed by atoms with Crippen LogP contribution in [0.25, 0.3) is 0 Å². The second-order valence-electron chi connectivity index (χ2n) is 7.94. The Labute approximate surface area is 199 Å². The number of nitrogens with zero attached hydrogens (tertiary/aromatic N) is 3. The second kappa shape index (κ2) is 9.90. The third kappa shape index (κ3) is 4.60. The Morgan fingerprint density at radius 2 is 2.03 bits per heavy atom. The van der Waals surface area contributed by atoms with Crippen molar-refractivity contribution in [2.75, 3.05) is 25.2 Å². The quantitative estimate of drug-likeness (QED) is 0.355. The van der Waals surface area contributed by atoms with Crippen LogP contribution < -0.4 is 15.0 Å². The summed E-state index contributed by atoms with van der Waals surface area (Å²) in [4.78, 5) is 6.71. The van der Waals surface area contributed by atoms with E-state index >= 15 is 0 Å². The average Bonchev–Trinajstić information content (AvgIpc) is 3.40. The first-order chi connectivity index (χ1) is 15.5. The number of ether oxygens (including phenoxy) is 2. The molecule has 1 aromatic carbocycles. The standard InChI is InChI=1S/C24H27ClN4O2S/c1-16(2)28-11-9-17(15-28)23-22(20-6-4-5-10-26-20)27-24(32)29(23)18-7-8-21(19(25)14-18)31-13-12-30-3/h4-11,14-16,22-23H,12-13H2,1-3H3,(H,27,32). The summed E-state index contributed by atoms with van der Waals surface area (Å²) in [6.45, 7) is 5.26. The lowest BCUT2D eigenvalue weighted by molar-refractivity contribution is 0.146. The van der Waals surface area contributed by atoms with Gasteiger partial charge in [0.25, 0.3) is 0 Å². The molecule has 3 heterocycles. The zero-order valence-corrected chi connectivity index (χ0v) is 19.9. The average molecular weight is 471 g/mol. The highest BCUT2D eigenvalue weighted by atomic mass is 35.5. The van der Waals surface area contributed by atoms with Crippen molar-refractivity contribution in [1.29, 1.82) is 0 Å². The van der Waals surface area contributed by atoms with Crippen LogP contribution >= 0.6 is 23.8 Å². The van der Waals surface area contributed by atoms with Crippen molar-refractivity contribution in [1.82, 2.24) is 14.9 Å². The number of rotatable bonds is 8. The summed E-state index contributed by atoms with van der Waals surface area (Å²) >= 11 is 12.3. The summed E-state index contributed by atoms with van der Waals surface area (Å²) in [7, 11) is 1.64. The van der Waals surface area contributed by atoms with Gasteiger partial charge < -0.3 is 24.3 Å².